The SMILES string of the molecule is CCOC(=O)CCC(=O)Nc1cc(C(=O)NC)ccc1Cl. The fraction of sp³-hybridized carbons (Fsp3) is 0.357. The maximum absolute atomic E-state index is 11.7. The van der Waals surface area contributed by atoms with E-state index >= 15 is 0 Å². The van der Waals surface area contributed by atoms with Gasteiger partial charge in [0.05, 0.1) is 23.7 Å². The van der Waals surface area contributed by atoms with Crippen LogP contribution in [-0.2, 0) is 14.3 Å². The zero-order valence-corrected chi connectivity index (χ0v) is 12.6. The van der Waals surface area contributed by atoms with Crippen molar-refractivity contribution in [1.29, 1.82) is 0 Å². The highest BCUT2D eigenvalue weighted by Crippen LogP contribution is 2.23. The number of amides is 2. The molecule has 6 nitrogen and oxygen atoms in total. The minimum absolute atomic E-state index is 0.00751. The predicted molar refractivity (Wildman–Crippen MR) is 79.3 cm³/mol. The number of anilines is 1. The van der Waals surface area contributed by atoms with Gasteiger partial charge in [-0.3, -0.25) is 14.4 Å². The summed E-state index contributed by atoms with van der Waals surface area (Å²) in [5.74, 6) is -1.09. The second-order valence-electron chi connectivity index (χ2n) is 4.13. The molecule has 0 aliphatic carbocycles. The van der Waals surface area contributed by atoms with E-state index in [0.717, 1.165) is 0 Å². The molecule has 0 saturated heterocycles. The minimum Gasteiger partial charge on any atom is -0.466 e. The standard InChI is InChI=1S/C14H17ClN2O4/c1-3-21-13(19)7-6-12(18)17-11-8-9(14(20)16-2)4-5-10(11)15/h4-5,8H,3,6-7H2,1-2H3,(H,16,20)(H,17,18). The molecule has 2 N–H and O–H groups in total. The van der Waals surface area contributed by atoms with E-state index in [4.69, 9.17) is 16.3 Å². The van der Waals surface area contributed by atoms with Crippen LogP contribution in [0.1, 0.15) is 30.1 Å². The predicted octanol–water partition coefficient (Wildman–Crippen LogP) is 1.98. The third-order valence-electron chi connectivity index (χ3n) is 2.59. The van der Waals surface area contributed by atoms with Crippen LogP contribution >= 0.6 is 11.6 Å². The van der Waals surface area contributed by atoms with Crippen LogP contribution in [0.5, 0.6) is 0 Å². The molecule has 0 radical (unpaired) electrons. The molecular formula is C14H17ClN2O4. The van der Waals surface area contributed by atoms with Gasteiger partial charge in [-0.05, 0) is 25.1 Å². The maximum atomic E-state index is 11.7. The van der Waals surface area contributed by atoms with E-state index in [1.165, 1.54) is 19.2 Å². The summed E-state index contributed by atoms with van der Waals surface area (Å²) in [6.07, 6.45) is -0.0220. The lowest BCUT2D eigenvalue weighted by molar-refractivity contribution is -0.144. The Labute approximate surface area is 127 Å². The highest BCUT2D eigenvalue weighted by molar-refractivity contribution is 6.33. The van der Waals surface area contributed by atoms with Gasteiger partial charge in [0.1, 0.15) is 0 Å². The average molecular weight is 313 g/mol. The smallest absolute Gasteiger partial charge is 0.306 e. The average Bonchev–Trinajstić information content (AvgIpc) is 2.47. The van der Waals surface area contributed by atoms with Crippen LogP contribution in [0.25, 0.3) is 0 Å². The molecule has 0 fully saturated rings. The monoisotopic (exact) mass is 312 g/mol. The van der Waals surface area contributed by atoms with Crippen LogP contribution in [0, 0.1) is 0 Å². The zero-order valence-electron chi connectivity index (χ0n) is 11.9. The number of benzene rings is 1. The lowest BCUT2D eigenvalue weighted by atomic mass is 10.2. The third kappa shape index (κ3) is 5.43. The molecule has 21 heavy (non-hydrogen) atoms. The fourth-order valence-corrected chi connectivity index (χ4v) is 1.73. The van der Waals surface area contributed by atoms with E-state index < -0.39 is 5.97 Å². The van der Waals surface area contributed by atoms with E-state index in [1.54, 1.807) is 13.0 Å². The Balaban J connectivity index is 2.67. The van der Waals surface area contributed by atoms with Crippen LogP contribution < -0.4 is 10.6 Å². The fourth-order valence-electron chi connectivity index (χ4n) is 1.57. The summed E-state index contributed by atoms with van der Waals surface area (Å²) < 4.78 is 4.73. The first-order valence-electron chi connectivity index (χ1n) is 6.45. The normalized spacial score (nSPS) is 9.86. The minimum atomic E-state index is -0.433. The first-order valence-corrected chi connectivity index (χ1v) is 6.82. The molecule has 114 valence electrons. The summed E-state index contributed by atoms with van der Waals surface area (Å²) in [6.45, 7) is 1.97. The highest BCUT2D eigenvalue weighted by atomic mass is 35.5. The topological polar surface area (TPSA) is 84.5 Å². The molecule has 1 aromatic rings. The van der Waals surface area contributed by atoms with E-state index in [1.807, 2.05) is 0 Å². The molecule has 0 saturated carbocycles. The van der Waals surface area contributed by atoms with Crippen LogP contribution in [0.3, 0.4) is 0 Å². The third-order valence-corrected chi connectivity index (χ3v) is 2.92. The summed E-state index contributed by atoms with van der Waals surface area (Å²) in [5, 5.41) is 5.36. The number of halogens is 1. The van der Waals surface area contributed by atoms with Crippen molar-refractivity contribution in [2.24, 2.45) is 0 Å². The van der Waals surface area contributed by atoms with Gasteiger partial charge in [-0.2, -0.15) is 0 Å². The zero-order chi connectivity index (χ0) is 15.8. The van der Waals surface area contributed by atoms with E-state index in [2.05, 4.69) is 10.6 Å². The van der Waals surface area contributed by atoms with Crippen molar-refractivity contribution in [3.63, 3.8) is 0 Å². The summed E-state index contributed by atoms with van der Waals surface area (Å²) in [5.41, 5.74) is 0.703. The molecule has 0 aliphatic rings. The van der Waals surface area contributed by atoms with Crippen LogP contribution in [-0.4, -0.2) is 31.4 Å². The molecule has 0 aliphatic heterocycles. The van der Waals surface area contributed by atoms with Gasteiger partial charge >= 0.3 is 5.97 Å². The Morgan fingerprint density at radius 3 is 2.57 bits per heavy atom. The Kier molecular flexibility index (Phi) is 6.68. The van der Waals surface area contributed by atoms with Crippen molar-refractivity contribution >= 4 is 35.1 Å². The van der Waals surface area contributed by atoms with Gasteiger partial charge in [0.15, 0.2) is 0 Å². The first-order chi connectivity index (χ1) is 9.97. The second-order valence-corrected chi connectivity index (χ2v) is 4.53. The van der Waals surface area contributed by atoms with Gasteiger partial charge in [-0.15, -0.1) is 0 Å². The van der Waals surface area contributed by atoms with Crippen LogP contribution in [0.2, 0.25) is 5.02 Å². The summed E-state index contributed by atoms with van der Waals surface area (Å²) in [7, 11) is 1.51. The number of carbonyl (C=O) groups excluding carboxylic acids is 3. The van der Waals surface area contributed by atoms with Crippen molar-refractivity contribution in [2.45, 2.75) is 19.8 Å². The number of nitrogens with one attached hydrogen (secondary N) is 2. The van der Waals surface area contributed by atoms with Gasteiger partial charge in [-0.25, -0.2) is 0 Å². The molecule has 2 amide bonds. The van der Waals surface area contributed by atoms with Crippen molar-refractivity contribution in [2.75, 3.05) is 19.0 Å². The molecule has 7 heteroatoms. The maximum Gasteiger partial charge on any atom is 0.306 e. The van der Waals surface area contributed by atoms with Crippen molar-refractivity contribution in [1.82, 2.24) is 5.32 Å². The molecule has 0 heterocycles. The van der Waals surface area contributed by atoms with E-state index in [9.17, 15) is 14.4 Å². The molecule has 0 bridgehead atoms. The van der Waals surface area contributed by atoms with Gasteiger partial charge in [0, 0.05) is 19.0 Å². The largest absolute Gasteiger partial charge is 0.466 e. The van der Waals surface area contributed by atoms with Crippen molar-refractivity contribution < 1.29 is 19.1 Å². The number of hydrogen-bond donors (Lipinski definition) is 2. The van der Waals surface area contributed by atoms with Crippen LogP contribution in [0.4, 0.5) is 5.69 Å². The molecule has 1 aromatic carbocycles. The lowest BCUT2D eigenvalue weighted by Gasteiger charge is -2.09. The molecule has 1 rings (SSSR count). The number of esters is 1. The molecule has 0 spiro atoms. The Bertz CT molecular complexity index is 546. The van der Waals surface area contributed by atoms with E-state index in [-0.39, 0.29) is 31.3 Å². The highest BCUT2D eigenvalue weighted by Gasteiger charge is 2.12. The Morgan fingerprint density at radius 2 is 1.95 bits per heavy atom. The first kappa shape index (κ1) is 17.0. The molecule has 0 atom stereocenters. The summed E-state index contributed by atoms with van der Waals surface area (Å²) in [6, 6.07) is 4.55. The Hall–Kier alpha value is -2.08. The Morgan fingerprint density at radius 1 is 1.24 bits per heavy atom. The summed E-state index contributed by atoms with van der Waals surface area (Å²) in [4.78, 5) is 34.4. The number of carbonyl (C=O) groups is 3. The quantitative estimate of drug-likeness (QED) is 0.787. The lowest BCUT2D eigenvalue weighted by Crippen LogP contribution is -2.19. The van der Waals surface area contributed by atoms with Crippen molar-refractivity contribution in [3.8, 4) is 0 Å². The van der Waals surface area contributed by atoms with Crippen molar-refractivity contribution in [3.05, 3.63) is 28.8 Å². The molecular weight excluding hydrogens is 296 g/mol. The summed E-state index contributed by atoms with van der Waals surface area (Å²) >= 11 is 5.96. The van der Waals surface area contributed by atoms with Gasteiger partial charge < -0.3 is 15.4 Å². The van der Waals surface area contributed by atoms with Crippen LogP contribution in [0.15, 0.2) is 18.2 Å². The van der Waals surface area contributed by atoms with Gasteiger partial charge in [-0.1, -0.05) is 11.6 Å². The van der Waals surface area contributed by atoms with Gasteiger partial charge in [0.25, 0.3) is 5.91 Å². The number of hydrogen-bond acceptors (Lipinski definition) is 4. The van der Waals surface area contributed by atoms with E-state index in [0.29, 0.717) is 16.3 Å². The number of ether oxygens (including phenoxy) is 1. The second kappa shape index (κ2) is 8.26. The number of rotatable bonds is 6. The molecule has 0 aromatic heterocycles. The van der Waals surface area contributed by atoms with Gasteiger partial charge in [0.2, 0.25) is 5.91 Å². The molecule has 0 unspecified atom stereocenters.